The van der Waals surface area contributed by atoms with E-state index in [1.807, 2.05) is 6.07 Å². The van der Waals surface area contributed by atoms with Crippen LogP contribution in [0.25, 0.3) is 0 Å². The zero-order valence-corrected chi connectivity index (χ0v) is 15.3. The molecule has 4 rings (SSSR count). The third-order valence-corrected chi connectivity index (χ3v) is 5.92. The summed E-state index contributed by atoms with van der Waals surface area (Å²) in [6.45, 7) is 3.44. The molecule has 0 saturated carbocycles. The minimum Gasteiger partial charge on any atom is -0.504 e. The fourth-order valence-electron chi connectivity index (χ4n) is 4.24. The lowest BCUT2D eigenvalue weighted by Crippen LogP contribution is -2.43. The first kappa shape index (κ1) is 18.0. The van der Waals surface area contributed by atoms with Gasteiger partial charge in [0.2, 0.25) is 0 Å². The SMILES string of the molecule is O=C(CCCN1CCC2(CC1)COc1c(O)cccc12)c1ccc(F)cc1. The van der Waals surface area contributed by atoms with Crippen molar-refractivity contribution in [1.29, 1.82) is 0 Å². The van der Waals surface area contributed by atoms with E-state index in [2.05, 4.69) is 11.0 Å². The minimum absolute atomic E-state index is 0.00844. The van der Waals surface area contributed by atoms with Crippen LogP contribution in [0, 0.1) is 5.82 Å². The molecule has 4 nitrogen and oxygen atoms in total. The second-order valence-corrected chi connectivity index (χ2v) is 7.60. The lowest BCUT2D eigenvalue weighted by atomic mass is 9.74. The third-order valence-electron chi connectivity index (χ3n) is 5.92. The van der Waals surface area contributed by atoms with Gasteiger partial charge in [-0.1, -0.05) is 12.1 Å². The van der Waals surface area contributed by atoms with Gasteiger partial charge in [0.25, 0.3) is 0 Å². The average molecular weight is 369 g/mol. The maximum absolute atomic E-state index is 12.9. The zero-order valence-electron chi connectivity index (χ0n) is 15.3. The predicted molar refractivity (Wildman–Crippen MR) is 101 cm³/mol. The van der Waals surface area contributed by atoms with Gasteiger partial charge < -0.3 is 14.7 Å². The zero-order chi connectivity index (χ0) is 18.9. The fraction of sp³-hybridized carbons (Fsp3) is 0.409. The van der Waals surface area contributed by atoms with Gasteiger partial charge in [0.05, 0.1) is 6.61 Å². The Morgan fingerprint density at radius 3 is 2.63 bits per heavy atom. The van der Waals surface area contributed by atoms with E-state index in [9.17, 15) is 14.3 Å². The van der Waals surface area contributed by atoms with Crippen LogP contribution < -0.4 is 4.74 Å². The topological polar surface area (TPSA) is 49.8 Å². The number of ether oxygens (including phenoxy) is 1. The van der Waals surface area contributed by atoms with E-state index >= 15 is 0 Å². The first-order chi connectivity index (χ1) is 13.1. The molecule has 2 heterocycles. The van der Waals surface area contributed by atoms with E-state index in [0.717, 1.165) is 44.5 Å². The van der Waals surface area contributed by atoms with E-state index in [4.69, 9.17) is 4.74 Å². The number of hydrogen-bond acceptors (Lipinski definition) is 4. The van der Waals surface area contributed by atoms with Crippen LogP contribution in [0.2, 0.25) is 0 Å². The lowest BCUT2D eigenvalue weighted by molar-refractivity contribution is 0.0963. The quantitative estimate of drug-likeness (QED) is 0.812. The normalized spacial score (nSPS) is 18.3. The molecule has 1 spiro atoms. The molecule has 1 fully saturated rings. The molecule has 5 heteroatoms. The Balaban J connectivity index is 1.28. The number of para-hydroxylation sites is 1. The fourth-order valence-corrected chi connectivity index (χ4v) is 4.24. The Hall–Kier alpha value is -2.40. The highest BCUT2D eigenvalue weighted by atomic mass is 19.1. The number of piperidine rings is 1. The van der Waals surface area contributed by atoms with Gasteiger partial charge in [-0.15, -0.1) is 0 Å². The molecule has 2 aliphatic heterocycles. The van der Waals surface area contributed by atoms with Crippen molar-refractivity contribution in [3.63, 3.8) is 0 Å². The second kappa shape index (κ2) is 7.31. The predicted octanol–water partition coefficient (Wildman–Crippen LogP) is 3.92. The van der Waals surface area contributed by atoms with Gasteiger partial charge in [0, 0.05) is 23.0 Å². The molecule has 0 aliphatic carbocycles. The lowest BCUT2D eigenvalue weighted by Gasteiger charge is -2.38. The number of fused-ring (bicyclic) bond motifs is 2. The molecular weight excluding hydrogens is 345 g/mol. The number of carbonyl (C=O) groups excluding carboxylic acids is 1. The summed E-state index contributed by atoms with van der Waals surface area (Å²) in [5.41, 5.74) is 1.72. The number of carbonyl (C=O) groups is 1. The smallest absolute Gasteiger partial charge is 0.164 e. The van der Waals surface area contributed by atoms with Crippen LogP contribution in [0.5, 0.6) is 11.5 Å². The average Bonchev–Trinajstić information content (AvgIpc) is 3.04. The third kappa shape index (κ3) is 3.56. The summed E-state index contributed by atoms with van der Waals surface area (Å²) in [6, 6.07) is 11.4. The highest BCUT2D eigenvalue weighted by molar-refractivity contribution is 5.95. The van der Waals surface area contributed by atoms with E-state index in [0.29, 0.717) is 24.3 Å². The number of benzene rings is 2. The maximum Gasteiger partial charge on any atom is 0.164 e. The summed E-state index contributed by atoms with van der Waals surface area (Å²) >= 11 is 0. The number of halogens is 1. The highest BCUT2D eigenvalue weighted by Gasteiger charge is 2.43. The van der Waals surface area contributed by atoms with Crippen LogP contribution in [0.3, 0.4) is 0 Å². The summed E-state index contributed by atoms with van der Waals surface area (Å²) in [5, 5.41) is 9.99. The number of aromatic hydroxyl groups is 1. The first-order valence-corrected chi connectivity index (χ1v) is 9.54. The van der Waals surface area contributed by atoms with Crippen molar-refractivity contribution < 1.29 is 19.0 Å². The number of ketones is 1. The van der Waals surface area contributed by atoms with Crippen molar-refractivity contribution in [1.82, 2.24) is 4.90 Å². The molecule has 2 aromatic rings. The Kier molecular flexibility index (Phi) is 4.87. The summed E-state index contributed by atoms with van der Waals surface area (Å²) in [5.74, 6) is 0.624. The Morgan fingerprint density at radius 1 is 1.15 bits per heavy atom. The summed E-state index contributed by atoms with van der Waals surface area (Å²) < 4.78 is 18.7. The van der Waals surface area contributed by atoms with Gasteiger partial charge in [-0.3, -0.25) is 4.79 Å². The largest absolute Gasteiger partial charge is 0.504 e. The van der Waals surface area contributed by atoms with Gasteiger partial charge in [-0.2, -0.15) is 0 Å². The standard InChI is InChI=1S/C22H24FNO3/c23-17-8-6-16(7-9-17)19(25)5-2-12-24-13-10-22(11-14-24)15-27-21-18(22)3-1-4-20(21)26/h1,3-4,6-9,26H,2,5,10-15H2. The number of hydrogen-bond donors (Lipinski definition) is 1. The van der Waals surface area contributed by atoms with E-state index in [1.54, 1.807) is 18.2 Å². The van der Waals surface area contributed by atoms with Crippen molar-refractivity contribution in [3.8, 4) is 11.5 Å². The van der Waals surface area contributed by atoms with Gasteiger partial charge in [-0.05, 0) is 69.2 Å². The number of nitrogens with zero attached hydrogens (tertiary/aromatic N) is 1. The molecule has 0 unspecified atom stereocenters. The number of rotatable bonds is 5. The first-order valence-electron chi connectivity index (χ1n) is 9.54. The van der Waals surface area contributed by atoms with Gasteiger partial charge in [-0.25, -0.2) is 4.39 Å². The van der Waals surface area contributed by atoms with E-state index < -0.39 is 0 Å². The molecule has 2 aliphatic rings. The second-order valence-electron chi connectivity index (χ2n) is 7.60. The molecular formula is C22H24FNO3. The van der Waals surface area contributed by atoms with Crippen LogP contribution in [0.15, 0.2) is 42.5 Å². The number of Topliss-reactive ketones (excluding diaryl/α,β-unsaturated/α-hetero) is 1. The molecule has 0 radical (unpaired) electrons. The number of likely N-dealkylation sites (tertiary alicyclic amines) is 1. The van der Waals surface area contributed by atoms with Crippen molar-refractivity contribution in [2.24, 2.45) is 0 Å². The molecule has 27 heavy (non-hydrogen) atoms. The molecule has 0 bridgehead atoms. The van der Waals surface area contributed by atoms with Crippen molar-refractivity contribution >= 4 is 5.78 Å². The van der Waals surface area contributed by atoms with E-state index in [-0.39, 0.29) is 22.8 Å². The molecule has 1 saturated heterocycles. The van der Waals surface area contributed by atoms with Crippen LogP contribution in [0.4, 0.5) is 4.39 Å². The Morgan fingerprint density at radius 2 is 1.89 bits per heavy atom. The van der Waals surface area contributed by atoms with Crippen LogP contribution in [-0.2, 0) is 5.41 Å². The van der Waals surface area contributed by atoms with Gasteiger partial charge >= 0.3 is 0 Å². The van der Waals surface area contributed by atoms with Crippen molar-refractivity contribution in [2.75, 3.05) is 26.2 Å². The van der Waals surface area contributed by atoms with Crippen LogP contribution in [0.1, 0.15) is 41.6 Å². The minimum atomic E-state index is -0.320. The van der Waals surface area contributed by atoms with Crippen LogP contribution in [-0.4, -0.2) is 42.0 Å². The Bertz CT molecular complexity index is 826. The molecule has 142 valence electrons. The van der Waals surface area contributed by atoms with Crippen LogP contribution >= 0.6 is 0 Å². The Labute approximate surface area is 158 Å². The maximum atomic E-state index is 12.9. The summed E-state index contributed by atoms with van der Waals surface area (Å²) in [4.78, 5) is 14.6. The van der Waals surface area contributed by atoms with Gasteiger partial charge in [0.1, 0.15) is 5.82 Å². The molecule has 0 aromatic heterocycles. The molecule has 2 aromatic carbocycles. The summed E-state index contributed by atoms with van der Waals surface area (Å²) in [7, 11) is 0. The van der Waals surface area contributed by atoms with Crippen molar-refractivity contribution in [2.45, 2.75) is 31.1 Å². The number of phenols is 1. The molecule has 1 N–H and O–H groups in total. The monoisotopic (exact) mass is 369 g/mol. The number of phenolic OH excluding ortho intramolecular Hbond substituents is 1. The molecule has 0 atom stereocenters. The van der Waals surface area contributed by atoms with Gasteiger partial charge in [0.15, 0.2) is 17.3 Å². The summed E-state index contributed by atoms with van der Waals surface area (Å²) in [6.07, 6.45) is 3.27. The van der Waals surface area contributed by atoms with E-state index in [1.165, 1.54) is 12.1 Å². The van der Waals surface area contributed by atoms with Crippen molar-refractivity contribution in [3.05, 3.63) is 59.4 Å². The highest BCUT2D eigenvalue weighted by Crippen LogP contribution is 2.48. The molecule has 0 amide bonds.